The van der Waals surface area contributed by atoms with Gasteiger partial charge in [-0.1, -0.05) is 100 Å². The van der Waals surface area contributed by atoms with Crippen molar-refractivity contribution in [1.82, 2.24) is 10.6 Å². The molecule has 1 amide bonds. The average molecular weight is 701 g/mol. The number of rotatable bonds is 23. The fraction of sp³-hybridized carbons (Fsp3) is 0.814. The van der Waals surface area contributed by atoms with Gasteiger partial charge >= 0.3 is 5.97 Å². The molecule has 1 aliphatic rings. The number of hydrogen-bond donors (Lipinski definition) is 3. The van der Waals surface area contributed by atoms with Crippen molar-refractivity contribution in [2.24, 2.45) is 29.6 Å². The lowest BCUT2D eigenvalue weighted by molar-refractivity contribution is -0.148. The summed E-state index contributed by atoms with van der Waals surface area (Å²) in [7, 11) is 0. The van der Waals surface area contributed by atoms with Crippen LogP contribution in [-0.4, -0.2) is 41.3 Å². The highest BCUT2D eigenvalue weighted by molar-refractivity contribution is 5.87. The molecule has 0 saturated carbocycles. The van der Waals surface area contributed by atoms with E-state index in [0.29, 0.717) is 19.4 Å². The van der Waals surface area contributed by atoms with Gasteiger partial charge in [0, 0.05) is 17.7 Å². The smallest absolute Gasteiger partial charge is 0.328 e. The number of carbonyl (C=O) groups is 2. The molecule has 0 aromatic heterocycles. The number of carbonyl (C=O) groups excluding carboxylic acids is 2. The molecule has 0 spiro atoms. The second kappa shape index (κ2) is 21.3. The summed E-state index contributed by atoms with van der Waals surface area (Å²) < 4.78 is 12.1. The van der Waals surface area contributed by atoms with Crippen LogP contribution in [0.1, 0.15) is 169 Å². The van der Waals surface area contributed by atoms with Crippen LogP contribution in [0.5, 0.6) is 11.5 Å². The second-order valence-electron chi connectivity index (χ2n) is 17.3. The molecular formula is C43H76N2O5. The third-order valence-corrected chi connectivity index (χ3v) is 10.9. The van der Waals surface area contributed by atoms with Crippen LogP contribution in [0.15, 0.2) is 0 Å². The highest BCUT2D eigenvalue weighted by Crippen LogP contribution is 2.45. The number of hydrogen-bond acceptors (Lipinski definition) is 6. The van der Waals surface area contributed by atoms with Gasteiger partial charge in [0.2, 0.25) is 5.91 Å². The Morgan fingerprint density at radius 3 is 1.94 bits per heavy atom. The molecule has 5 atom stereocenters. The topological polar surface area (TPSA) is 96.9 Å². The maximum absolute atomic E-state index is 13.6. The summed E-state index contributed by atoms with van der Waals surface area (Å²) in [6.45, 7) is 26.3. The number of phenolic OH excluding ortho intramolecular Hbond substituents is 1. The van der Waals surface area contributed by atoms with E-state index in [1.807, 2.05) is 27.7 Å². The van der Waals surface area contributed by atoms with Gasteiger partial charge in [0.25, 0.3) is 0 Å². The van der Waals surface area contributed by atoms with Crippen LogP contribution in [0.3, 0.4) is 0 Å². The Kier molecular flexibility index (Phi) is 18.7. The van der Waals surface area contributed by atoms with E-state index in [-0.39, 0.29) is 35.7 Å². The standard InChI is InChI=1S/C43H76N2O5/c1-13-49-42(48)38(26-30(6)7)45-41(47)37(25-29(4)5)44-27-36-35-22-24-43(12,50-40(35)34(11)33(10)39(36)46)23-16-21-32(9)20-15-19-31(8)18-14-17-28(2)3/h28-32,37-38,44,46H,13-27H2,1-12H3,(H,45,47)/t31?,32?,37-,38-,43?/m0/s1. The molecule has 50 heavy (non-hydrogen) atoms. The summed E-state index contributed by atoms with van der Waals surface area (Å²) >= 11 is 0. The number of aromatic hydroxyl groups is 1. The highest BCUT2D eigenvalue weighted by atomic mass is 16.5. The van der Waals surface area contributed by atoms with E-state index in [1.54, 1.807) is 6.92 Å². The second-order valence-corrected chi connectivity index (χ2v) is 17.3. The molecule has 0 aliphatic carbocycles. The lowest BCUT2D eigenvalue weighted by Crippen LogP contribution is -2.51. The Balaban J connectivity index is 2.07. The van der Waals surface area contributed by atoms with E-state index in [1.165, 1.54) is 44.9 Å². The van der Waals surface area contributed by atoms with Crippen LogP contribution in [0.25, 0.3) is 0 Å². The Labute approximate surface area is 306 Å². The van der Waals surface area contributed by atoms with Gasteiger partial charge in [-0.25, -0.2) is 4.79 Å². The van der Waals surface area contributed by atoms with Crippen molar-refractivity contribution in [2.75, 3.05) is 6.61 Å². The molecule has 0 saturated heterocycles. The molecular weight excluding hydrogens is 624 g/mol. The molecule has 0 radical (unpaired) electrons. The van der Waals surface area contributed by atoms with Crippen molar-refractivity contribution in [1.29, 1.82) is 0 Å². The highest BCUT2D eigenvalue weighted by Gasteiger charge is 2.35. The Morgan fingerprint density at radius 1 is 0.820 bits per heavy atom. The average Bonchev–Trinajstić information content (AvgIpc) is 3.02. The van der Waals surface area contributed by atoms with E-state index in [9.17, 15) is 14.7 Å². The summed E-state index contributed by atoms with van der Waals surface area (Å²) in [5.74, 6) is 3.40. The van der Waals surface area contributed by atoms with Crippen molar-refractivity contribution in [3.63, 3.8) is 0 Å². The largest absolute Gasteiger partial charge is 0.507 e. The van der Waals surface area contributed by atoms with Crippen LogP contribution in [-0.2, 0) is 27.3 Å². The lowest BCUT2D eigenvalue weighted by atomic mass is 9.83. The monoisotopic (exact) mass is 701 g/mol. The van der Waals surface area contributed by atoms with E-state index in [4.69, 9.17) is 9.47 Å². The quantitative estimate of drug-likeness (QED) is 0.0984. The molecule has 1 heterocycles. The SMILES string of the molecule is CCOC(=O)[C@H](CC(C)C)NC(=O)[C@H](CC(C)C)NCc1c(O)c(C)c(C)c2c1CCC(C)(CCCC(C)CCCC(C)CCCC(C)C)O2. The van der Waals surface area contributed by atoms with Crippen molar-refractivity contribution >= 4 is 11.9 Å². The predicted molar refractivity (Wildman–Crippen MR) is 208 cm³/mol. The molecule has 7 heteroatoms. The molecule has 2 rings (SSSR count). The van der Waals surface area contributed by atoms with Crippen molar-refractivity contribution in [2.45, 2.75) is 191 Å². The first-order valence-electron chi connectivity index (χ1n) is 20.2. The van der Waals surface area contributed by atoms with Crippen LogP contribution in [0.4, 0.5) is 0 Å². The number of esters is 1. The predicted octanol–water partition coefficient (Wildman–Crippen LogP) is 10.1. The van der Waals surface area contributed by atoms with Gasteiger partial charge in [0.15, 0.2) is 0 Å². The molecule has 1 aromatic rings. The number of nitrogens with one attached hydrogen (secondary N) is 2. The summed E-state index contributed by atoms with van der Waals surface area (Å²) in [6.07, 6.45) is 14.3. The molecule has 0 bridgehead atoms. The molecule has 3 unspecified atom stereocenters. The van der Waals surface area contributed by atoms with Crippen LogP contribution in [0.2, 0.25) is 0 Å². The van der Waals surface area contributed by atoms with Crippen molar-refractivity contribution in [3.05, 3.63) is 22.3 Å². The molecule has 0 fully saturated rings. The third kappa shape index (κ3) is 14.4. The molecule has 3 N–H and O–H groups in total. The zero-order valence-corrected chi connectivity index (χ0v) is 34.2. The van der Waals surface area contributed by atoms with E-state index >= 15 is 0 Å². The first-order chi connectivity index (χ1) is 23.5. The maximum Gasteiger partial charge on any atom is 0.328 e. The maximum atomic E-state index is 13.6. The van der Waals surface area contributed by atoms with Gasteiger partial charge in [0.05, 0.1) is 12.6 Å². The minimum atomic E-state index is -0.691. The van der Waals surface area contributed by atoms with Gasteiger partial charge in [0.1, 0.15) is 23.1 Å². The van der Waals surface area contributed by atoms with E-state index < -0.39 is 18.1 Å². The first-order valence-corrected chi connectivity index (χ1v) is 20.2. The fourth-order valence-electron chi connectivity index (χ4n) is 7.52. The van der Waals surface area contributed by atoms with Crippen LogP contribution >= 0.6 is 0 Å². The minimum absolute atomic E-state index is 0.219. The number of ether oxygens (including phenoxy) is 2. The number of benzene rings is 1. The zero-order valence-electron chi connectivity index (χ0n) is 34.2. The molecule has 1 aromatic carbocycles. The number of fused-ring (bicyclic) bond motifs is 1. The molecule has 288 valence electrons. The summed E-state index contributed by atoms with van der Waals surface area (Å²) in [6, 6.07) is -1.22. The molecule has 7 nitrogen and oxygen atoms in total. The van der Waals surface area contributed by atoms with E-state index in [0.717, 1.165) is 71.4 Å². The van der Waals surface area contributed by atoms with Gasteiger partial charge < -0.3 is 25.2 Å². The Morgan fingerprint density at radius 2 is 1.38 bits per heavy atom. The minimum Gasteiger partial charge on any atom is -0.507 e. The van der Waals surface area contributed by atoms with Gasteiger partial charge in [-0.2, -0.15) is 0 Å². The van der Waals surface area contributed by atoms with E-state index in [2.05, 4.69) is 59.1 Å². The number of phenols is 1. The third-order valence-electron chi connectivity index (χ3n) is 10.9. The first kappa shape index (κ1) is 43.9. The lowest BCUT2D eigenvalue weighted by Gasteiger charge is -2.38. The summed E-state index contributed by atoms with van der Waals surface area (Å²) in [5, 5.41) is 17.8. The van der Waals surface area contributed by atoms with Crippen molar-refractivity contribution in [3.8, 4) is 11.5 Å². The Bertz CT molecular complexity index is 1190. The van der Waals surface area contributed by atoms with Gasteiger partial charge in [-0.15, -0.1) is 0 Å². The van der Waals surface area contributed by atoms with Crippen LogP contribution in [0, 0.1) is 43.4 Å². The Hall–Kier alpha value is -2.28. The summed E-state index contributed by atoms with van der Waals surface area (Å²) in [5.41, 5.74) is 3.42. The fourth-order valence-corrected chi connectivity index (χ4v) is 7.52. The van der Waals surface area contributed by atoms with Crippen LogP contribution < -0.4 is 15.4 Å². The van der Waals surface area contributed by atoms with Crippen molar-refractivity contribution < 1.29 is 24.2 Å². The zero-order chi connectivity index (χ0) is 37.6. The van der Waals surface area contributed by atoms with Gasteiger partial charge in [-0.3, -0.25) is 4.79 Å². The normalized spacial score (nSPS) is 18.5. The summed E-state index contributed by atoms with van der Waals surface area (Å²) in [4.78, 5) is 26.3. The van der Waals surface area contributed by atoms with Gasteiger partial charge in [-0.05, 0) is 107 Å². The number of amides is 1. The molecule has 1 aliphatic heterocycles.